The van der Waals surface area contributed by atoms with Crippen LogP contribution in [-0.4, -0.2) is 55.3 Å². The summed E-state index contributed by atoms with van der Waals surface area (Å²) in [5.74, 6) is -0.673. The van der Waals surface area contributed by atoms with Crippen LogP contribution in [0.15, 0.2) is 24.3 Å². The summed E-state index contributed by atoms with van der Waals surface area (Å²) in [5, 5.41) is 21.0. The van der Waals surface area contributed by atoms with Gasteiger partial charge in [0.05, 0.1) is 11.8 Å². The van der Waals surface area contributed by atoms with Gasteiger partial charge in [0.25, 0.3) is 11.7 Å². The zero-order valence-electron chi connectivity index (χ0n) is 11.2. The highest BCUT2D eigenvalue weighted by molar-refractivity contribution is 5.90. The van der Waals surface area contributed by atoms with Crippen molar-refractivity contribution in [2.75, 3.05) is 13.1 Å². The number of rotatable bonds is 2. The Morgan fingerprint density at radius 2 is 1.90 bits per heavy atom. The molecule has 0 radical (unpaired) electrons. The summed E-state index contributed by atoms with van der Waals surface area (Å²) in [7, 11) is 0. The molecule has 8 heteroatoms. The number of nitrogens with zero attached hydrogens (tertiary/aromatic N) is 5. The molecule has 1 amide bonds. The predicted molar refractivity (Wildman–Crippen MR) is 70.3 cm³/mol. The Morgan fingerprint density at radius 1 is 1.24 bits per heavy atom. The molecule has 0 atom stereocenters. The lowest BCUT2D eigenvalue weighted by molar-refractivity contribution is 0.0536. The normalized spacial score (nSPS) is 16.2. The van der Waals surface area contributed by atoms with Crippen LogP contribution < -0.4 is 0 Å². The van der Waals surface area contributed by atoms with E-state index in [2.05, 4.69) is 15.4 Å². The van der Waals surface area contributed by atoms with Crippen molar-refractivity contribution in [2.24, 2.45) is 0 Å². The molecule has 1 N–H and O–H groups in total. The van der Waals surface area contributed by atoms with Crippen molar-refractivity contribution in [3.63, 3.8) is 0 Å². The summed E-state index contributed by atoms with van der Waals surface area (Å²) in [6, 6.07) is 5.57. The minimum Gasteiger partial charge on any atom is -0.393 e. The maximum Gasteiger partial charge on any atom is 0.295 e. The first-order valence-corrected chi connectivity index (χ1v) is 6.67. The molecular weight excluding hydrogens is 277 g/mol. The highest BCUT2D eigenvalue weighted by atomic mass is 19.1. The first kappa shape index (κ1) is 13.6. The molecule has 0 spiro atoms. The Labute approximate surface area is 120 Å². The Morgan fingerprint density at radius 3 is 2.57 bits per heavy atom. The second-order valence-corrected chi connectivity index (χ2v) is 4.90. The van der Waals surface area contributed by atoms with Gasteiger partial charge in [0.15, 0.2) is 0 Å². The van der Waals surface area contributed by atoms with Crippen LogP contribution >= 0.6 is 0 Å². The van der Waals surface area contributed by atoms with E-state index in [1.807, 2.05) is 0 Å². The van der Waals surface area contributed by atoms with E-state index < -0.39 is 0 Å². The van der Waals surface area contributed by atoms with Gasteiger partial charge < -0.3 is 10.0 Å². The average molecular weight is 291 g/mol. The third kappa shape index (κ3) is 2.89. The van der Waals surface area contributed by atoms with Gasteiger partial charge in [-0.05, 0) is 42.3 Å². The van der Waals surface area contributed by atoms with E-state index in [0.29, 0.717) is 31.6 Å². The van der Waals surface area contributed by atoms with E-state index in [1.54, 1.807) is 4.90 Å². The highest BCUT2D eigenvalue weighted by Gasteiger charge is 2.25. The molecule has 0 aliphatic carbocycles. The van der Waals surface area contributed by atoms with Crippen molar-refractivity contribution >= 4 is 5.91 Å². The number of likely N-dealkylation sites (tertiary alicyclic amines) is 1. The molecule has 1 aromatic carbocycles. The minimum absolute atomic E-state index is 0.00397. The standard InChI is InChI=1S/C13H14FN5O2/c14-9-1-3-10(4-2-9)19-16-12(15-17-19)13(21)18-7-5-11(20)6-8-18/h1-4,11,20H,5-8H2. The second-order valence-electron chi connectivity index (χ2n) is 4.90. The van der Waals surface area contributed by atoms with Gasteiger partial charge in [-0.3, -0.25) is 4.79 Å². The smallest absolute Gasteiger partial charge is 0.295 e. The lowest BCUT2D eigenvalue weighted by Gasteiger charge is -2.28. The summed E-state index contributed by atoms with van der Waals surface area (Å²) in [6.45, 7) is 0.955. The molecule has 2 heterocycles. The van der Waals surface area contributed by atoms with E-state index in [9.17, 15) is 14.3 Å². The molecule has 1 aliphatic rings. The summed E-state index contributed by atoms with van der Waals surface area (Å²) in [4.78, 5) is 15.0. The number of amides is 1. The first-order valence-electron chi connectivity index (χ1n) is 6.67. The Kier molecular flexibility index (Phi) is 3.61. The van der Waals surface area contributed by atoms with Crippen LogP contribution in [-0.2, 0) is 0 Å². The average Bonchev–Trinajstić information content (AvgIpc) is 2.98. The van der Waals surface area contributed by atoms with Crippen LogP contribution in [0, 0.1) is 5.82 Å². The molecule has 0 bridgehead atoms. The maximum absolute atomic E-state index is 12.9. The fraction of sp³-hybridized carbons (Fsp3) is 0.385. The fourth-order valence-corrected chi connectivity index (χ4v) is 2.19. The van der Waals surface area contributed by atoms with Gasteiger partial charge >= 0.3 is 0 Å². The van der Waals surface area contributed by atoms with Crippen molar-refractivity contribution in [2.45, 2.75) is 18.9 Å². The van der Waals surface area contributed by atoms with Crippen LogP contribution in [0.3, 0.4) is 0 Å². The first-order chi connectivity index (χ1) is 10.1. The van der Waals surface area contributed by atoms with Gasteiger partial charge in [-0.25, -0.2) is 4.39 Å². The third-order valence-corrected chi connectivity index (χ3v) is 3.41. The van der Waals surface area contributed by atoms with E-state index in [0.717, 1.165) is 0 Å². The lowest BCUT2D eigenvalue weighted by Crippen LogP contribution is -2.40. The molecule has 110 valence electrons. The number of hydrogen-bond donors (Lipinski definition) is 1. The molecule has 1 aromatic heterocycles. The molecule has 7 nitrogen and oxygen atoms in total. The third-order valence-electron chi connectivity index (χ3n) is 3.41. The van der Waals surface area contributed by atoms with Crippen LogP contribution in [0.25, 0.3) is 5.69 Å². The Bertz CT molecular complexity index is 634. The molecule has 0 unspecified atom stereocenters. The largest absolute Gasteiger partial charge is 0.393 e. The van der Waals surface area contributed by atoms with Crippen LogP contribution in [0.1, 0.15) is 23.5 Å². The number of halogens is 1. The van der Waals surface area contributed by atoms with Gasteiger partial charge in [0.1, 0.15) is 5.82 Å². The number of carbonyl (C=O) groups excluding carboxylic acids is 1. The van der Waals surface area contributed by atoms with Crippen molar-refractivity contribution < 1.29 is 14.3 Å². The Hall–Kier alpha value is -2.35. The van der Waals surface area contributed by atoms with Gasteiger partial charge in [0, 0.05) is 13.1 Å². The number of piperidine rings is 1. The molecule has 21 heavy (non-hydrogen) atoms. The number of carbonyl (C=O) groups is 1. The van der Waals surface area contributed by atoms with Crippen LogP contribution in [0.2, 0.25) is 0 Å². The molecule has 0 saturated carbocycles. The van der Waals surface area contributed by atoms with Gasteiger partial charge in [-0.15, -0.1) is 15.0 Å². The molecular formula is C13H14FN5O2. The number of benzene rings is 1. The number of aliphatic hydroxyl groups is 1. The number of hydrogen-bond acceptors (Lipinski definition) is 5. The number of aromatic nitrogens is 4. The lowest BCUT2D eigenvalue weighted by atomic mass is 10.1. The quantitative estimate of drug-likeness (QED) is 0.865. The van der Waals surface area contributed by atoms with Crippen molar-refractivity contribution in [1.82, 2.24) is 25.1 Å². The molecule has 1 saturated heterocycles. The number of aliphatic hydroxyl groups excluding tert-OH is 1. The van der Waals surface area contributed by atoms with Gasteiger partial charge in [0.2, 0.25) is 0 Å². The predicted octanol–water partition coefficient (Wildman–Crippen LogP) is 0.398. The van der Waals surface area contributed by atoms with Crippen molar-refractivity contribution in [3.05, 3.63) is 35.9 Å². The van der Waals surface area contributed by atoms with Crippen molar-refractivity contribution in [1.29, 1.82) is 0 Å². The SMILES string of the molecule is O=C(c1nnn(-c2ccc(F)cc2)n1)N1CCC(O)CC1. The Balaban J connectivity index is 1.75. The van der Waals surface area contributed by atoms with Crippen molar-refractivity contribution in [3.8, 4) is 5.69 Å². The molecule has 1 aliphatic heterocycles. The van der Waals surface area contributed by atoms with Gasteiger partial charge in [-0.1, -0.05) is 0 Å². The van der Waals surface area contributed by atoms with Gasteiger partial charge in [-0.2, -0.15) is 0 Å². The summed E-state index contributed by atoms with van der Waals surface area (Å²) in [5.41, 5.74) is 0.525. The van der Waals surface area contributed by atoms with E-state index in [-0.39, 0.29) is 23.7 Å². The van der Waals surface area contributed by atoms with Crippen LogP contribution in [0.5, 0.6) is 0 Å². The minimum atomic E-state index is -0.359. The fourth-order valence-electron chi connectivity index (χ4n) is 2.19. The van der Waals surface area contributed by atoms with E-state index >= 15 is 0 Å². The second kappa shape index (κ2) is 5.57. The zero-order chi connectivity index (χ0) is 14.8. The maximum atomic E-state index is 12.9. The summed E-state index contributed by atoms with van der Waals surface area (Å²) in [6.07, 6.45) is 0.757. The highest BCUT2D eigenvalue weighted by Crippen LogP contribution is 2.12. The monoisotopic (exact) mass is 291 g/mol. The zero-order valence-corrected chi connectivity index (χ0v) is 11.2. The molecule has 3 rings (SSSR count). The topological polar surface area (TPSA) is 84.1 Å². The van der Waals surface area contributed by atoms with E-state index in [1.165, 1.54) is 29.1 Å². The summed E-state index contributed by atoms with van der Waals surface area (Å²) >= 11 is 0. The molecule has 1 fully saturated rings. The summed E-state index contributed by atoms with van der Waals surface area (Å²) < 4.78 is 12.9. The number of tetrazole rings is 1. The van der Waals surface area contributed by atoms with Crippen LogP contribution in [0.4, 0.5) is 4.39 Å². The van der Waals surface area contributed by atoms with E-state index in [4.69, 9.17) is 0 Å². The molecule has 2 aromatic rings.